The van der Waals surface area contributed by atoms with E-state index in [1.165, 1.54) is 17.6 Å². The molecule has 24 heavy (non-hydrogen) atoms. The second-order valence-corrected chi connectivity index (χ2v) is 7.63. The smallest absolute Gasteiger partial charge is 0.243 e. The molecule has 124 valence electrons. The minimum Gasteiger partial charge on any atom is -0.444 e. The largest absolute Gasteiger partial charge is 0.444 e. The molecule has 3 rings (SSSR count). The summed E-state index contributed by atoms with van der Waals surface area (Å²) in [6.07, 6.45) is 1.49. The zero-order chi connectivity index (χ0) is 17.2. The summed E-state index contributed by atoms with van der Waals surface area (Å²) in [5, 5.41) is 0. The van der Waals surface area contributed by atoms with Gasteiger partial charge in [0.2, 0.25) is 15.9 Å². The van der Waals surface area contributed by atoms with Crippen molar-refractivity contribution in [2.24, 2.45) is 0 Å². The molecule has 0 spiro atoms. The van der Waals surface area contributed by atoms with Crippen molar-refractivity contribution in [2.45, 2.75) is 18.4 Å². The molecular weight excluding hydrogens is 324 g/mol. The maximum Gasteiger partial charge on any atom is 0.243 e. The van der Waals surface area contributed by atoms with Crippen LogP contribution in [0.25, 0.3) is 11.5 Å². The monoisotopic (exact) mass is 342 g/mol. The fraction of sp³-hybridized carbons (Fsp3) is 0.167. The molecular formula is C18H18N2O3S. The Morgan fingerprint density at radius 1 is 1.04 bits per heavy atom. The van der Waals surface area contributed by atoms with Gasteiger partial charge in [-0.3, -0.25) is 0 Å². The Bertz CT molecular complexity index is 916. The van der Waals surface area contributed by atoms with Gasteiger partial charge in [0.05, 0.1) is 17.1 Å². The molecule has 0 aliphatic carbocycles. The lowest BCUT2D eigenvalue weighted by atomic mass is 10.2. The van der Waals surface area contributed by atoms with Crippen LogP contribution in [-0.4, -0.2) is 24.8 Å². The molecule has 0 atom stereocenters. The third-order valence-electron chi connectivity index (χ3n) is 3.69. The molecule has 0 aliphatic rings. The number of nitrogens with zero attached hydrogens (tertiary/aromatic N) is 2. The highest BCUT2D eigenvalue weighted by molar-refractivity contribution is 7.89. The third kappa shape index (κ3) is 3.39. The summed E-state index contributed by atoms with van der Waals surface area (Å²) in [6.45, 7) is 2.06. The van der Waals surface area contributed by atoms with Crippen LogP contribution >= 0.6 is 0 Å². The van der Waals surface area contributed by atoms with Gasteiger partial charge in [-0.2, -0.15) is 4.31 Å². The number of aromatic nitrogens is 1. The normalized spacial score (nSPS) is 11.8. The molecule has 0 fully saturated rings. The molecule has 0 saturated carbocycles. The van der Waals surface area contributed by atoms with Crippen LogP contribution in [0, 0.1) is 6.92 Å². The summed E-state index contributed by atoms with van der Waals surface area (Å²) < 4.78 is 31.9. The molecule has 5 nitrogen and oxygen atoms in total. The second kappa shape index (κ2) is 6.59. The minimum absolute atomic E-state index is 0.145. The Morgan fingerprint density at radius 3 is 2.38 bits per heavy atom. The van der Waals surface area contributed by atoms with Crippen LogP contribution < -0.4 is 0 Å². The quantitative estimate of drug-likeness (QED) is 0.712. The highest BCUT2D eigenvalue weighted by Crippen LogP contribution is 2.21. The van der Waals surface area contributed by atoms with E-state index in [-0.39, 0.29) is 11.4 Å². The first kappa shape index (κ1) is 16.4. The van der Waals surface area contributed by atoms with Crippen LogP contribution in [0.2, 0.25) is 0 Å². The van der Waals surface area contributed by atoms with Crippen LogP contribution in [0.4, 0.5) is 0 Å². The fourth-order valence-corrected chi connectivity index (χ4v) is 3.44. The van der Waals surface area contributed by atoms with E-state index < -0.39 is 10.0 Å². The summed E-state index contributed by atoms with van der Waals surface area (Å²) in [4.78, 5) is 4.64. The maximum atomic E-state index is 12.6. The van der Waals surface area contributed by atoms with Gasteiger partial charge in [-0.05, 0) is 31.2 Å². The number of benzene rings is 2. The fourth-order valence-electron chi connectivity index (χ4n) is 2.30. The van der Waals surface area contributed by atoms with Crippen molar-refractivity contribution in [3.63, 3.8) is 0 Å². The number of aryl methyl sites for hydroxylation is 1. The topological polar surface area (TPSA) is 63.4 Å². The van der Waals surface area contributed by atoms with E-state index in [0.717, 1.165) is 11.1 Å². The number of oxazole rings is 1. The van der Waals surface area contributed by atoms with Crippen LogP contribution in [0.1, 0.15) is 11.3 Å². The molecule has 1 heterocycles. The lowest BCUT2D eigenvalue weighted by Gasteiger charge is -2.15. The van der Waals surface area contributed by atoms with E-state index in [2.05, 4.69) is 4.98 Å². The SMILES string of the molecule is Cc1ccc(S(=O)(=O)N(C)Cc2coc(-c3ccccc3)n2)cc1. The van der Waals surface area contributed by atoms with Crippen LogP contribution in [0.5, 0.6) is 0 Å². The number of sulfonamides is 1. The Morgan fingerprint density at radius 2 is 1.71 bits per heavy atom. The predicted molar refractivity (Wildman–Crippen MR) is 91.8 cm³/mol. The van der Waals surface area contributed by atoms with E-state index >= 15 is 0 Å². The molecule has 2 aromatic carbocycles. The lowest BCUT2D eigenvalue weighted by Crippen LogP contribution is -2.26. The Kier molecular flexibility index (Phi) is 4.51. The summed E-state index contributed by atoms with van der Waals surface area (Å²) in [7, 11) is -2.02. The van der Waals surface area contributed by atoms with Crippen molar-refractivity contribution in [3.05, 3.63) is 72.1 Å². The first-order valence-electron chi connectivity index (χ1n) is 7.49. The molecule has 0 unspecified atom stereocenters. The van der Waals surface area contributed by atoms with Gasteiger partial charge >= 0.3 is 0 Å². The van der Waals surface area contributed by atoms with Crippen molar-refractivity contribution >= 4 is 10.0 Å². The van der Waals surface area contributed by atoms with Gasteiger partial charge in [-0.25, -0.2) is 13.4 Å². The zero-order valence-electron chi connectivity index (χ0n) is 13.5. The van der Waals surface area contributed by atoms with E-state index in [0.29, 0.717) is 11.6 Å². The van der Waals surface area contributed by atoms with Crippen molar-refractivity contribution in [1.29, 1.82) is 0 Å². The highest BCUT2D eigenvalue weighted by Gasteiger charge is 2.22. The number of hydrogen-bond donors (Lipinski definition) is 0. The van der Waals surface area contributed by atoms with Gasteiger partial charge in [0.25, 0.3) is 0 Å². The van der Waals surface area contributed by atoms with Gasteiger partial charge in [-0.15, -0.1) is 0 Å². The first-order chi connectivity index (χ1) is 11.5. The van der Waals surface area contributed by atoms with Crippen LogP contribution in [-0.2, 0) is 16.6 Å². The van der Waals surface area contributed by atoms with E-state index in [1.807, 2.05) is 37.3 Å². The number of rotatable bonds is 5. The van der Waals surface area contributed by atoms with E-state index in [1.54, 1.807) is 24.3 Å². The highest BCUT2D eigenvalue weighted by atomic mass is 32.2. The molecule has 0 aliphatic heterocycles. The van der Waals surface area contributed by atoms with E-state index in [9.17, 15) is 8.42 Å². The lowest BCUT2D eigenvalue weighted by molar-refractivity contribution is 0.461. The maximum absolute atomic E-state index is 12.6. The van der Waals surface area contributed by atoms with Crippen molar-refractivity contribution in [3.8, 4) is 11.5 Å². The Balaban J connectivity index is 1.78. The van der Waals surface area contributed by atoms with Gasteiger partial charge < -0.3 is 4.42 Å². The summed E-state index contributed by atoms with van der Waals surface area (Å²) in [6, 6.07) is 16.3. The molecule has 6 heteroatoms. The molecule has 0 N–H and O–H groups in total. The number of hydrogen-bond acceptors (Lipinski definition) is 4. The average Bonchev–Trinajstić information content (AvgIpc) is 3.04. The van der Waals surface area contributed by atoms with Crippen molar-refractivity contribution < 1.29 is 12.8 Å². The molecule has 3 aromatic rings. The third-order valence-corrected chi connectivity index (χ3v) is 5.50. The Labute approximate surface area is 141 Å². The zero-order valence-corrected chi connectivity index (χ0v) is 14.3. The Hall–Kier alpha value is -2.44. The first-order valence-corrected chi connectivity index (χ1v) is 8.93. The molecule has 0 radical (unpaired) electrons. The molecule has 0 amide bonds. The van der Waals surface area contributed by atoms with Crippen molar-refractivity contribution in [1.82, 2.24) is 9.29 Å². The standard InChI is InChI=1S/C18H18N2O3S/c1-14-8-10-17(11-9-14)24(21,22)20(2)12-16-13-23-18(19-16)15-6-4-3-5-7-15/h3-11,13H,12H2,1-2H3. The molecule has 1 aromatic heterocycles. The molecule has 0 bridgehead atoms. The van der Waals surface area contributed by atoms with Crippen molar-refractivity contribution in [2.75, 3.05) is 7.05 Å². The molecule has 0 saturated heterocycles. The van der Waals surface area contributed by atoms with Crippen LogP contribution in [0.15, 0.2) is 70.2 Å². The average molecular weight is 342 g/mol. The van der Waals surface area contributed by atoms with Crippen LogP contribution in [0.3, 0.4) is 0 Å². The van der Waals surface area contributed by atoms with Gasteiger partial charge in [0.1, 0.15) is 6.26 Å². The van der Waals surface area contributed by atoms with Gasteiger partial charge in [0, 0.05) is 12.6 Å². The van der Waals surface area contributed by atoms with Gasteiger partial charge in [0.15, 0.2) is 0 Å². The minimum atomic E-state index is -3.56. The predicted octanol–water partition coefficient (Wildman–Crippen LogP) is 3.47. The summed E-state index contributed by atoms with van der Waals surface area (Å²) in [5.74, 6) is 0.478. The van der Waals surface area contributed by atoms with Gasteiger partial charge in [-0.1, -0.05) is 35.9 Å². The summed E-state index contributed by atoms with van der Waals surface area (Å²) >= 11 is 0. The van der Waals surface area contributed by atoms with E-state index in [4.69, 9.17) is 4.42 Å². The second-order valence-electron chi connectivity index (χ2n) is 5.58. The summed E-state index contributed by atoms with van der Waals surface area (Å²) in [5.41, 5.74) is 2.43.